The van der Waals surface area contributed by atoms with Gasteiger partial charge in [0.15, 0.2) is 0 Å². The van der Waals surface area contributed by atoms with E-state index in [1.807, 2.05) is 60.7 Å². The molecule has 0 saturated carbocycles. The van der Waals surface area contributed by atoms with Gasteiger partial charge in [-0.15, -0.1) is 0 Å². The molecular weight excluding hydrogens is 452 g/mol. The fourth-order valence-corrected chi connectivity index (χ4v) is 3.45. The van der Waals surface area contributed by atoms with Gasteiger partial charge in [-0.25, -0.2) is 9.59 Å². The van der Waals surface area contributed by atoms with Crippen LogP contribution in [0.4, 0.5) is 0 Å². The molecular formula is C25H32N4O6. The average Bonchev–Trinajstić information content (AvgIpc) is 3.08. The summed E-state index contributed by atoms with van der Waals surface area (Å²) >= 11 is 0. The second kappa shape index (κ2) is 15.2. The monoisotopic (exact) mass is 484 g/mol. The molecule has 0 aromatic heterocycles. The molecule has 1 aliphatic heterocycles. The summed E-state index contributed by atoms with van der Waals surface area (Å²) in [4.78, 5) is 47.0. The van der Waals surface area contributed by atoms with Crippen molar-refractivity contribution in [1.82, 2.24) is 20.4 Å². The molecule has 2 aromatic rings. The Labute approximate surface area is 204 Å². The Hall–Kier alpha value is -3.76. The lowest BCUT2D eigenvalue weighted by molar-refractivity contribution is -0.159. The van der Waals surface area contributed by atoms with E-state index in [0.717, 1.165) is 43.7 Å². The number of amides is 2. The molecule has 188 valence electrons. The number of nitrogens with one attached hydrogen (secondary N) is 2. The third-order valence-corrected chi connectivity index (χ3v) is 5.26. The summed E-state index contributed by atoms with van der Waals surface area (Å²) in [6.07, 6.45) is 0.956. The van der Waals surface area contributed by atoms with Gasteiger partial charge in [-0.3, -0.25) is 19.4 Å². The first-order valence-electron chi connectivity index (χ1n) is 11.4. The first-order chi connectivity index (χ1) is 16.8. The Bertz CT molecular complexity index is 877. The van der Waals surface area contributed by atoms with E-state index >= 15 is 0 Å². The van der Waals surface area contributed by atoms with Crippen LogP contribution in [-0.2, 0) is 32.3 Å². The van der Waals surface area contributed by atoms with Gasteiger partial charge in [-0.2, -0.15) is 0 Å². The highest BCUT2D eigenvalue weighted by molar-refractivity contribution is 6.27. The van der Waals surface area contributed by atoms with E-state index in [1.54, 1.807) is 0 Å². The van der Waals surface area contributed by atoms with Crippen molar-refractivity contribution in [1.29, 1.82) is 0 Å². The van der Waals surface area contributed by atoms with Crippen LogP contribution >= 0.6 is 0 Å². The summed E-state index contributed by atoms with van der Waals surface area (Å²) in [5.41, 5.74) is 2.20. The van der Waals surface area contributed by atoms with Gasteiger partial charge in [0, 0.05) is 26.2 Å². The predicted molar refractivity (Wildman–Crippen MR) is 129 cm³/mol. The minimum Gasteiger partial charge on any atom is -0.473 e. The Morgan fingerprint density at radius 2 is 1.00 bits per heavy atom. The molecule has 10 heteroatoms. The summed E-state index contributed by atoms with van der Waals surface area (Å²) in [6, 6.07) is 19.9. The van der Waals surface area contributed by atoms with Crippen molar-refractivity contribution < 1.29 is 29.4 Å². The predicted octanol–water partition coefficient (Wildman–Crippen LogP) is 0.783. The lowest BCUT2D eigenvalue weighted by Gasteiger charge is -2.21. The van der Waals surface area contributed by atoms with Crippen LogP contribution in [0.25, 0.3) is 0 Å². The topological polar surface area (TPSA) is 139 Å². The Kier molecular flexibility index (Phi) is 11.9. The third kappa shape index (κ3) is 11.8. The molecule has 10 nitrogen and oxygen atoms in total. The van der Waals surface area contributed by atoms with Crippen molar-refractivity contribution >= 4 is 23.8 Å². The zero-order valence-corrected chi connectivity index (χ0v) is 19.6. The summed E-state index contributed by atoms with van der Waals surface area (Å²) in [5, 5.41) is 20.8. The first-order valence-corrected chi connectivity index (χ1v) is 11.4. The van der Waals surface area contributed by atoms with Crippen LogP contribution in [0.2, 0.25) is 0 Å². The zero-order chi connectivity index (χ0) is 25.5. The number of benzene rings is 2. The van der Waals surface area contributed by atoms with Crippen molar-refractivity contribution in [2.45, 2.75) is 19.5 Å². The quantitative estimate of drug-likeness (QED) is 0.403. The Morgan fingerprint density at radius 3 is 1.34 bits per heavy atom. The molecule has 0 aliphatic carbocycles. The van der Waals surface area contributed by atoms with Crippen LogP contribution in [0.3, 0.4) is 0 Å². The molecule has 0 radical (unpaired) electrons. The lowest BCUT2D eigenvalue weighted by Crippen LogP contribution is -2.41. The molecule has 3 rings (SSSR count). The van der Waals surface area contributed by atoms with Crippen LogP contribution in [0, 0.1) is 0 Å². The number of nitrogens with zero attached hydrogens (tertiary/aromatic N) is 2. The lowest BCUT2D eigenvalue weighted by atomic mass is 10.2. The van der Waals surface area contributed by atoms with Crippen LogP contribution in [0.1, 0.15) is 17.5 Å². The van der Waals surface area contributed by atoms with E-state index in [4.69, 9.17) is 19.8 Å². The summed E-state index contributed by atoms with van der Waals surface area (Å²) in [7, 11) is 0. The number of carbonyl (C=O) groups excluding carboxylic acids is 2. The maximum Gasteiger partial charge on any atom is 0.414 e. The van der Waals surface area contributed by atoms with E-state index in [9.17, 15) is 9.59 Å². The number of hydrogen-bond donors (Lipinski definition) is 4. The zero-order valence-electron chi connectivity index (χ0n) is 19.6. The number of rotatable bonds is 8. The number of hydrogen-bond acceptors (Lipinski definition) is 6. The summed E-state index contributed by atoms with van der Waals surface area (Å²) in [6.45, 7) is 5.27. The van der Waals surface area contributed by atoms with E-state index in [1.165, 1.54) is 0 Å². The third-order valence-electron chi connectivity index (χ3n) is 5.26. The van der Waals surface area contributed by atoms with Crippen molar-refractivity contribution in [2.75, 3.05) is 39.3 Å². The molecule has 2 aromatic carbocycles. The van der Waals surface area contributed by atoms with E-state index in [2.05, 4.69) is 20.4 Å². The van der Waals surface area contributed by atoms with Gasteiger partial charge in [0.2, 0.25) is 11.8 Å². The summed E-state index contributed by atoms with van der Waals surface area (Å²) in [5.74, 6) is -3.56. The second-order valence-electron chi connectivity index (χ2n) is 8.04. The van der Waals surface area contributed by atoms with Gasteiger partial charge >= 0.3 is 11.9 Å². The maximum absolute atomic E-state index is 12.2. The molecule has 0 spiro atoms. The normalized spacial score (nSPS) is 14.1. The average molecular weight is 485 g/mol. The molecule has 4 N–H and O–H groups in total. The van der Waals surface area contributed by atoms with Gasteiger partial charge in [0.25, 0.3) is 0 Å². The van der Waals surface area contributed by atoms with E-state index in [-0.39, 0.29) is 11.8 Å². The van der Waals surface area contributed by atoms with Crippen molar-refractivity contribution in [3.8, 4) is 0 Å². The SMILES string of the molecule is O=C(CN1CCCN(CC(=O)NCc2ccccc2)CC1)NCc1ccccc1.O=C(O)C(=O)O. The van der Waals surface area contributed by atoms with Gasteiger partial charge in [-0.1, -0.05) is 60.7 Å². The van der Waals surface area contributed by atoms with Crippen LogP contribution in [0.15, 0.2) is 60.7 Å². The molecule has 1 aliphatic rings. The second-order valence-corrected chi connectivity index (χ2v) is 8.04. The van der Waals surface area contributed by atoms with Crippen LogP contribution in [-0.4, -0.2) is 83.0 Å². The van der Waals surface area contributed by atoms with Crippen molar-refractivity contribution in [3.05, 3.63) is 71.8 Å². The molecule has 1 fully saturated rings. The number of carboxylic acids is 2. The smallest absolute Gasteiger partial charge is 0.414 e. The molecule has 1 saturated heterocycles. The van der Waals surface area contributed by atoms with E-state index in [0.29, 0.717) is 26.2 Å². The number of aliphatic carboxylic acids is 2. The largest absolute Gasteiger partial charge is 0.473 e. The van der Waals surface area contributed by atoms with Crippen LogP contribution in [0.5, 0.6) is 0 Å². The Balaban J connectivity index is 0.000000641. The fraction of sp³-hybridized carbons (Fsp3) is 0.360. The minimum atomic E-state index is -1.82. The van der Waals surface area contributed by atoms with Gasteiger partial charge in [0.1, 0.15) is 0 Å². The molecule has 2 amide bonds. The van der Waals surface area contributed by atoms with E-state index < -0.39 is 11.9 Å². The molecule has 0 bridgehead atoms. The highest BCUT2D eigenvalue weighted by Gasteiger charge is 2.18. The summed E-state index contributed by atoms with van der Waals surface area (Å²) < 4.78 is 0. The highest BCUT2D eigenvalue weighted by atomic mass is 16.4. The minimum absolute atomic E-state index is 0.0444. The molecule has 1 heterocycles. The van der Waals surface area contributed by atoms with Crippen molar-refractivity contribution in [2.24, 2.45) is 0 Å². The van der Waals surface area contributed by atoms with Crippen molar-refractivity contribution in [3.63, 3.8) is 0 Å². The first kappa shape index (κ1) is 27.5. The molecule has 0 atom stereocenters. The maximum atomic E-state index is 12.2. The molecule has 0 unspecified atom stereocenters. The fourth-order valence-electron chi connectivity index (χ4n) is 3.45. The van der Waals surface area contributed by atoms with Crippen LogP contribution < -0.4 is 10.6 Å². The van der Waals surface area contributed by atoms with Gasteiger partial charge in [0.05, 0.1) is 13.1 Å². The number of carbonyl (C=O) groups is 4. The molecule has 35 heavy (non-hydrogen) atoms. The Morgan fingerprint density at radius 1 is 0.629 bits per heavy atom. The van der Waals surface area contributed by atoms with Gasteiger partial charge in [-0.05, 0) is 30.6 Å². The number of carboxylic acid groups (broad SMARTS) is 2. The standard InChI is InChI=1S/C23H30N4O2.C2H2O4/c28-22(24-16-20-8-3-1-4-9-20)18-26-12-7-13-27(15-14-26)19-23(29)25-17-21-10-5-2-6-11-21;3-1(4)2(5)6/h1-6,8-11H,7,12-19H2,(H,24,28)(H,25,29);(H,3,4)(H,5,6). The van der Waals surface area contributed by atoms with Gasteiger partial charge < -0.3 is 20.8 Å². The highest BCUT2D eigenvalue weighted by Crippen LogP contribution is 2.04.